The molecule has 2 N–H and O–H groups in total. The largest absolute Gasteiger partial charge is 0.491 e. The Morgan fingerprint density at radius 2 is 2.31 bits per heavy atom. The number of anilines is 1. The van der Waals surface area contributed by atoms with Crippen LogP contribution in [0, 0.1) is 10.1 Å². The third-order valence-corrected chi connectivity index (χ3v) is 1.84. The Morgan fingerprint density at radius 3 is 2.81 bits per heavy atom. The fraction of sp³-hybridized carbons (Fsp3) is 0.400. The van der Waals surface area contributed by atoms with Gasteiger partial charge in [0.05, 0.1) is 23.3 Å². The summed E-state index contributed by atoms with van der Waals surface area (Å²) in [5.74, 6) is 0.359. The van der Waals surface area contributed by atoms with E-state index in [4.69, 9.17) is 4.74 Å². The van der Waals surface area contributed by atoms with Gasteiger partial charge in [0.25, 0.3) is 5.69 Å². The number of benzene rings is 1. The first-order chi connectivity index (χ1) is 7.54. The van der Waals surface area contributed by atoms with Crippen LogP contribution in [0.2, 0.25) is 0 Å². The summed E-state index contributed by atoms with van der Waals surface area (Å²) in [5.41, 5.74) is 0.488. The number of nitrogens with one attached hydrogen (secondary N) is 1. The van der Waals surface area contributed by atoms with Gasteiger partial charge in [0.1, 0.15) is 12.0 Å². The van der Waals surface area contributed by atoms with E-state index in [1.807, 2.05) is 0 Å². The van der Waals surface area contributed by atoms with Crippen molar-refractivity contribution in [1.29, 1.82) is 0 Å². The molecule has 16 heavy (non-hydrogen) atoms. The molecule has 0 fully saturated rings. The highest BCUT2D eigenvalue weighted by atomic mass is 16.6. The molecule has 6 heteroatoms. The molecule has 6 nitrogen and oxygen atoms in total. The molecular weight excluding hydrogens is 212 g/mol. The Kier molecular flexibility index (Phi) is 4.07. The van der Waals surface area contributed by atoms with Gasteiger partial charge in [-0.2, -0.15) is 0 Å². The van der Waals surface area contributed by atoms with Crippen LogP contribution < -0.4 is 10.1 Å². The molecule has 0 aromatic heterocycles. The lowest BCUT2D eigenvalue weighted by Gasteiger charge is -2.13. The minimum atomic E-state index is -0.749. The number of hydrogen-bond acceptors (Lipinski definition) is 5. The minimum Gasteiger partial charge on any atom is -0.491 e. The van der Waals surface area contributed by atoms with Gasteiger partial charge >= 0.3 is 0 Å². The molecule has 0 aliphatic carbocycles. The van der Waals surface area contributed by atoms with Crippen LogP contribution in [0.5, 0.6) is 5.75 Å². The van der Waals surface area contributed by atoms with Crippen molar-refractivity contribution in [2.24, 2.45) is 0 Å². The minimum absolute atomic E-state index is 0.0420. The molecule has 1 atom stereocenters. The Bertz CT molecular complexity index is 379. The summed E-state index contributed by atoms with van der Waals surface area (Å²) in [6, 6.07) is 4.19. The summed E-state index contributed by atoms with van der Waals surface area (Å²) in [4.78, 5) is 10.1. The fourth-order valence-electron chi connectivity index (χ4n) is 1.24. The highest BCUT2D eigenvalue weighted by molar-refractivity contribution is 5.60. The normalized spacial score (nSPS) is 11.9. The third kappa shape index (κ3) is 3.09. The highest BCUT2D eigenvalue weighted by Crippen LogP contribution is 2.29. The summed E-state index contributed by atoms with van der Waals surface area (Å²) in [6.07, 6.45) is -0.749. The molecule has 0 spiro atoms. The van der Waals surface area contributed by atoms with Crippen LogP contribution in [0.1, 0.15) is 13.8 Å². The van der Waals surface area contributed by atoms with Crippen molar-refractivity contribution in [2.75, 3.05) is 11.9 Å². The zero-order valence-electron chi connectivity index (χ0n) is 9.14. The van der Waals surface area contributed by atoms with Crippen molar-refractivity contribution in [2.45, 2.75) is 20.1 Å². The van der Waals surface area contributed by atoms with Gasteiger partial charge in [-0.1, -0.05) is 0 Å². The lowest BCUT2D eigenvalue weighted by atomic mass is 10.2. The van der Waals surface area contributed by atoms with Gasteiger partial charge in [-0.25, -0.2) is 0 Å². The maximum Gasteiger partial charge on any atom is 0.273 e. The molecule has 0 aliphatic heterocycles. The summed E-state index contributed by atoms with van der Waals surface area (Å²) in [5, 5.41) is 22.5. The highest BCUT2D eigenvalue weighted by Gasteiger charge is 2.12. The van der Waals surface area contributed by atoms with Gasteiger partial charge in [-0.15, -0.1) is 0 Å². The second-order valence-electron chi connectivity index (χ2n) is 3.19. The van der Waals surface area contributed by atoms with E-state index in [0.29, 0.717) is 18.0 Å². The zero-order chi connectivity index (χ0) is 12.1. The van der Waals surface area contributed by atoms with E-state index < -0.39 is 11.2 Å². The molecule has 1 rings (SSSR count). The number of nitro groups is 1. The van der Waals surface area contributed by atoms with Gasteiger partial charge in [0.2, 0.25) is 0 Å². The van der Waals surface area contributed by atoms with Crippen molar-refractivity contribution in [3.63, 3.8) is 0 Å². The molecule has 0 amide bonds. The monoisotopic (exact) mass is 226 g/mol. The Hall–Kier alpha value is -1.82. The molecule has 0 saturated heterocycles. The second-order valence-corrected chi connectivity index (χ2v) is 3.19. The van der Waals surface area contributed by atoms with E-state index in [9.17, 15) is 15.2 Å². The van der Waals surface area contributed by atoms with Gasteiger partial charge < -0.3 is 15.2 Å². The number of rotatable bonds is 5. The Morgan fingerprint density at radius 1 is 1.62 bits per heavy atom. The van der Waals surface area contributed by atoms with Gasteiger partial charge in [-0.05, 0) is 19.9 Å². The van der Waals surface area contributed by atoms with Crippen LogP contribution >= 0.6 is 0 Å². The van der Waals surface area contributed by atoms with E-state index in [0.717, 1.165) is 0 Å². The van der Waals surface area contributed by atoms with Crippen LogP contribution in [-0.2, 0) is 0 Å². The predicted molar refractivity (Wildman–Crippen MR) is 59.6 cm³/mol. The Labute approximate surface area is 93.0 Å². The lowest BCUT2D eigenvalue weighted by molar-refractivity contribution is -0.384. The van der Waals surface area contributed by atoms with Crippen LogP contribution in [0.3, 0.4) is 0 Å². The average molecular weight is 226 g/mol. The molecular formula is C10H14N2O4. The van der Waals surface area contributed by atoms with Crippen molar-refractivity contribution >= 4 is 11.4 Å². The maximum absolute atomic E-state index is 10.6. The number of ether oxygens (including phenoxy) is 1. The van der Waals surface area contributed by atoms with Crippen molar-refractivity contribution < 1.29 is 14.8 Å². The molecule has 0 saturated carbocycles. The van der Waals surface area contributed by atoms with Gasteiger partial charge in [0.15, 0.2) is 0 Å². The number of non-ortho nitro benzene ring substituents is 1. The number of aliphatic hydroxyl groups is 1. The summed E-state index contributed by atoms with van der Waals surface area (Å²) >= 11 is 0. The number of hydrogen-bond donors (Lipinski definition) is 2. The predicted octanol–water partition coefficient (Wildman–Crippen LogP) is 1.74. The fourth-order valence-corrected chi connectivity index (χ4v) is 1.24. The van der Waals surface area contributed by atoms with Gasteiger partial charge in [0, 0.05) is 6.07 Å². The SMILES string of the molecule is CCOc1cc([N+](=O)[O-])ccc1NC(C)O. The number of nitro benzene ring substituents is 1. The lowest BCUT2D eigenvalue weighted by Crippen LogP contribution is -2.14. The quantitative estimate of drug-likeness (QED) is 0.454. The maximum atomic E-state index is 10.6. The third-order valence-electron chi connectivity index (χ3n) is 1.84. The van der Waals surface area contributed by atoms with Crippen molar-refractivity contribution in [3.05, 3.63) is 28.3 Å². The molecule has 1 aromatic carbocycles. The zero-order valence-corrected chi connectivity index (χ0v) is 9.14. The van der Waals surface area contributed by atoms with E-state index in [-0.39, 0.29) is 5.69 Å². The van der Waals surface area contributed by atoms with E-state index in [2.05, 4.69) is 5.32 Å². The topological polar surface area (TPSA) is 84.6 Å². The number of aliphatic hydroxyl groups excluding tert-OH is 1. The van der Waals surface area contributed by atoms with Crippen LogP contribution in [0.4, 0.5) is 11.4 Å². The first-order valence-corrected chi connectivity index (χ1v) is 4.90. The van der Waals surface area contributed by atoms with E-state index >= 15 is 0 Å². The molecule has 1 aromatic rings. The van der Waals surface area contributed by atoms with Crippen LogP contribution in [0.25, 0.3) is 0 Å². The van der Waals surface area contributed by atoms with Crippen molar-refractivity contribution in [1.82, 2.24) is 0 Å². The molecule has 0 heterocycles. The first-order valence-electron chi connectivity index (χ1n) is 4.90. The van der Waals surface area contributed by atoms with Crippen LogP contribution in [0.15, 0.2) is 18.2 Å². The smallest absolute Gasteiger partial charge is 0.273 e. The summed E-state index contributed by atoms with van der Waals surface area (Å²) in [7, 11) is 0. The Balaban J connectivity index is 3.03. The van der Waals surface area contributed by atoms with Crippen molar-refractivity contribution in [3.8, 4) is 5.75 Å². The van der Waals surface area contributed by atoms with E-state index in [1.165, 1.54) is 18.2 Å². The molecule has 0 bridgehead atoms. The van der Waals surface area contributed by atoms with E-state index in [1.54, 1.807) is 13.8 Å². The standard InChI is InChI=1S/C10H14N2O4/c1-3-16-10-6-8(12(14)15)4-5-9(10)11-7(2)13/h4-7,11,13H,3H2,1-2H3. The molecule has 0 radical (unpaired) electrons. The first kappa shape index (κ1) is 12.3. The van der Waals surface area contributed by atoms with Crippen LogP contribution in [-0.4, -0.2) is 22.9 Å². The van der Waals surface area contributed by atoms with Gasteiger partial charge in [-0.3, -0.25) is 10.1 Å². The molecule has 0 aliphatic rings. The molecule has 88 valence electrons. The second kappa shape index (κ2) is 5.32. The summed E-state index contributed by atoms with van der Waals surface area (Å²) < 4.78 is 5.25. The summed E-state index contributed by atoms with van der Waals surface area (Å²) in [6.45, 7) is 3.73. The average Bonchev–Trinajstić information content (AvgIpc) is 2.20. The number of nitrogens with zero attached hydrogens (tertiary/aromatic N) is 1. The molecule has 1 unspecified atom stereocenters.